The second kappa shape index (κ2) is 6.30. The molecule has 1 saturated carbocycles. The maximum absolute atomic E-state index is 5.30. The van der Waals surface area contributed by atoms with Gasteiger partial charge in [0.2, 0.25) is 0 Å². The number of unbranched alkanes of at least 4 members (excludes halogenated alkanes) is 1. The molecular weight excluding hydrogens is 194 g/mol. The van der Waals surface area contributed by atoms with E-state index in [1.54, 1.807) is 0 Å². The van der Waals surface area contributed by atoms with Crippen molar-refractivity contribution in [1.82, 2.24) is 5.32 Å². The van der Waals surface area contributed by atoms with Crippen molar-refractivity contribution in [3.8, 4) is 12.3 Å². The predicted octanol–water partition coefficient (Wildman–Crippen LogP) is 3.59. The number of hydrogen-bond donors (Lipinski definition) is 1. The molecular formula is C15H27N. The molecule has 1 N–H and O–H groups in total. The summed E-state index contributed by atoms with van der Waals surface area (Å²) in [6.07, 6.45) is 14.2. The summed E-state index contributed by atoms with van der Waals surface area (Å²) in [5, 5.41) is 3.49. The molecule has 16 heavy (non-hydrogen) atoms. The van der Waals surface area contributed by atoms with Gasteiger partial charge in [-0.05, 0) is 56.9 Å². The van der Waals surface area contributed by atoms with Crippen LogP contribution in [0.5, 0.6) is 0 Å². The van der Waals surface area contributed by atoms with Gasteiger partial charge in [-0.25, -0.2) is 0 Å². The van der Waals surface area contributed by atoms with Crippen LogP contribution in [0.15, 0.2) is 0 Å². The van der Waals surface area contributed by atoms with Crippen molar-refractivity contribution in [1.29, 1.82) is 0 Å². The molecule has 1 rings (SSSR count). The van der Waals surface area contributed by atoms with Crippen molar-refractivity contribution >= 4 is 0 Å². The number of hydrogen-bond acceptors (Lipinski definition) is 1. The Morgan fingerprint density at radius 1 is 1.38 bits per heavy atom. The van der Waals surface area contributed by atoms with Gasteiger partial charge in [0.05, 0.1) is 0 Å². The van der Waals surface area contributed by atoms with Crippen LogP contribution in [0.25, 0.3) is 0 Å². The molecule has 1 fully saturated rings. The fourth-order valence-corrected chi connectivity index (χ4v) is 2.86. The van der Waals surface area contributed by atoms with E-state index in [9.17, 15) is 0 Å². The molecule has 0 saturated heterocycles. The molecule has 1 nitrogen and oxygen atoms in total. The van der Waals surface area contributed by atoms with E-state index < -0.39 is 0 Å². The molecule has 0 aliphatic heterocycles. The van der Waals surface area contributed by atoms with Gasteiger partial charge in [0.25, 0.3) is 0 Å². The Kier molecular flexibility index (Phi) is 5.35. The first-order valence-corrected chi connectivity index (χ1v) is 6.70. The van der Waals surface area contributed by atoms with Gasteiger partial charge in [-0.3, -0.25) is 0 Å². The first-order valence-electron chi connectivity index (χ1n) is 6.70. The monoisotopic (exact) mass is 221 g/mol. The molecule has 0 aromatic heterocycles. The van der Waals surface area contributed by atoms with Crippen LogP contribution in [0.3, 0.4) is 0 Å². The lowest BCUT2D eigenvalue weighted by Crippen LogP contribution is -2.37. The van der Waals surface area contributed by atoms with Crippen LogP contribution in [-0.4, -0.2) is 13.1 Å². The molecule has 1 heteroatoms. The summed E-state index contributed by atoms with van der Waals surface area (Å²) in [6, 6.07) is 0.685. The molecule has 92 valence electrons. The van der Waals surface area contributed by atoms with Crippen molar-refractivity contribution in [3.63, 3.8) is 0 Å². The maximum Gasteiger partial charge on any atom is 0.00926 e. The predicted molar refractivity (Wildman–Crippen MR) is 71.3 cm³/mol. The van der Waals surface area contributed by atoms with Crippen molar-refractivity contribution in [2.24, 2.45) is 11.3 Å². The van der Waals surface area contributed by atoms with E-state index in [0.29, 0.717) is 11.5 Å². The largest absolute Gasteiger partial charge is 0.317 e. The second-order valence-electron chi connectivity index (χ2n) is 5.99. The Bertz CT molecular complexity index is 226. The van der Waals surface area contributed by atoms with Crippen LogP contribution in [0.4, 0.5) is 0 Å². The summed E-state index contributed by atoms with van der Waals surface area (Å²) >= 11 is 0. The summed E-state index contributed by atoms with van der Waals surface area (Å²) in [4.78, 5) is 0. The average molecular weight is 221 g/mol. The zero-order valence-electron chi connectivity index (χ0n) is 11.2. The average Bonchev–Trinajstić information content (AvgIpc) is 2.25. The third kappa shape index (κ3) is 4.18. The fourth-order valence-electron chi connectivity index (χ4n) is 2.86. The Hall–Kier alpha value is -0.480. The van der Waals surface area contributed by atoms with E-state index in [-0.39, 0.29) is 0 Å². The van der Waals surface area contributed by atoms with E-state index in [1.165, 1.54) is 38.5 Å². The van der Waals surface area contributed by atoms with E-state index in [2.05, 4.69) is 32.1 Å². The summed E-state index contributed by atoms with van der Waals surface area (Å²) < 4.78 is 0. The molecule has 1 aliphatic carbocycles. The van der Waals surface area contributed by atoms with Crippen LogP contribution in [0.2, 0.25) is 0 Å². The third-order valence-electron chi connectivity index (χ3n) is 4.16. The van der Waals surface area contributed by atoms with Crippen molar-refractivity contribution in [2.75, 3.05) is 7.05 Å². The fraction of sp³-hybridized carbons (Fsp3) is 0.867. The topological polar surface area (TPSA) is 12.0 Å². The van der Waals surface area contributed by atoms with Gasteiger partial charge in [-0.2, -0.15) is 0 Å². The molecule has 0 radical (unpaired) electrons. The van der Waals surface area contributed by atoms with Gasteiger partial charge in [0.1, 0.15) is 0 Å². The van der Waals surface area contributed by atoms with Gasteiger partial charge < -0.3 is 5.32 Å². The van der Waals surface area contributed by atoms with Crippen molar-refractivity contribution in [2.45, 2.75) is 64.8 Å². The van der Waals surface area contributed by atoms with E-state index in [4.69, 9.17) is 6.42 Å². The number of nitrogens with one attached hydrogen (secondary N) is 1. The standard InChI is InChI=1S/C15H27N/c1-5-6-7-8-14(16-4)13-9-11-15(2,3)12-10-13/h1,13-14,16H,6-12H2,2-4H3. The first-order chi connectivity index (χ1) is 7.59. The van der Waals surface area contributed by atoms with Crippen molar-refractivity contribution in [3.05, 3.63) is 0 Å². The Labute approximate surface area is 101 Å². The van der Waals surface area contributed by atoms with Gasteiger partial charge >= 0.3 is 0 Å². The smallest absolute Gasteiger partial charge is 0.00926 e. The SMILES string of the molecule is C#CCCCC(NC)C1CCC(C)(C)CC1. The van der Waals surface area contributed by atoms with Crippen LogP contribution < -0.4 is 5.32 Å². The lowest BCUT2D eigenvalue weighted by Gasteiger charge is -2.38. The third-order valence-corrected chi connectivity index (χ3v) is 4.16. The summed E-state index contributed by atoms with van der Waals surface area (Å²) in [5.41, 5.74) is 0.577. The van der Waals surface area contributed by atoms with Gasteiger partial charge in [0.15, 0.2) is 0 Å². The van der Waals surface area contributed by atoms with Crippen LogP contribution in [-0.2, 0) is 0 Å². The van der Waals surface area contributed by atoms with E-state index in [1.807, 2.05) is 0 Å². The minimum Gasteiger partial charge on any atom is -0.317 e. The zero-order chi connectivity index (χ0) is 12.0. The molecule has 0 heterocycles. The van der Waals surface area contributed by atoms with Gasteiger partial charge in [0, 0.05) is 12.5 Å². The van der Waals surface area contributed by atoms with Crippen molar-refractivity contribution < 1.29 is 0 Å². The molecule has 0 aromatic rings. The molecule has 0 spiro atoms. The molecule has 1 atom stereocenters. The van der Waals surface area contributed by atoms with Gasteiger partial charge in [-0.1, -0.05) is 13.8 Å². The van der Waals surface area contributed by atoms with Crippen LogP contribution >= 0.6 is 0 Å². The Morgan fingerprint density at radius 3 is 2.50 bits per heavy atom. The summed E-state index contributed by atoms with van der Waals surface area (Å²) in [6.45, 7) is 4.80. The summed E-state index contributed by atoms with van der Waals surface area (Å²) in [5.74, 6) is 3.61. The quantitative estimate of drug-likeness (QED) is 0.552. The van der Waals surface area contributed by atoms with E-state index in [0.717, 1.165) is 12.3 Å². The summed E-state index contributed by atoms with van der Waals surface area (Å²) in [7, 11) is 2.10. The van der Waals surface area contributed by atoms with Crippen LogP contribution in [0.1, 0.15) is 58.8 Å². The molecule has 0 bridgehead atoms. The highest BCUT2D eigenvalue weighted by Gasteiger charge is 2.30. The van der Waals surface area contributed by atoms with Crippen LogP contribution in [0, 0.1) is 23.7 Å². The maximum atomic E-state index is 5.30. The number of terminal acetylenes is 1. The molecule has 0 amide bonds. The molecule has 1 aliphatic rings. The lowest BCUT2D eigenvalue weighted by molar-refractivity contribution is 0.160. The number of rotatable bonds is 5. The first kappa shape index (κ1) is 13.6. The minimum absolute atomic E-state index is 0.577. The Morgan fingerprint density at radius 2 is 2.00 bits per heavy atom. The highest BCUT2D eigenvalue weighted by atomic mass is 14.9. The minimum atomic E-state index is 0.577. The van der Waals surface area contributed by atoms with Gasteiger partial charge in [-0.15, -0.1) is 12.3 Å². The highest BCUT2D eigenvalue weighted by Crippen LogP contribution is 2.39. The molecule has 1 unspecified atom stereocenters. The second-order valence-corrected chi connectivity index (χ2v) is 5.99. The Balaban J connectivity index is 2.34. The zero-order valence-corrected chi connectivity index (χ0v) is 11.2. The van der Waals surface area contributed by atoms with E-state index >= 15 is 0 Å². The molecule has 0 aromatic carbocycles. The normalized spacial score (nSPS) is 22.6. The highest BCUT2D eigenvalue weighted by molar-refractivity contribution is 4.87. The lowest BCUT2D eigenvalue weighted by atomic mass is 9.70.